The average Bonchev–Trinajstić information content (AvgIpc) is 2.93. The fraction of sp³-hybridized carbons (Fsp3) is 0.355. The van der Waals surface area contributed by atoms with E-state index in [1.54, 1.807) is 18.2 Å². The summed E-state index contributed by atoms with van der Waals surface area (Å²) in [5, 5.41) is 2.91. The van der Waals surface area contributed by atoms with Gasteiger partial charge in [-0.15, -0.1) is 0 Å². The summed E-state index contributed by atoms with van der Waals surface area (Å²) in [7, 11) is -3.72. The number of benzene rings is 3. The predicted molar refractivity (Wildman–Crippen MR) is 157 cm³/mol. The molecule has 0 bridgehead atoms. The van der Waals surface area contributed by atoms with Gasteiger partial charge in [0.15, 0.2) is 0 Å². The van der Waals surface area contributed by atoms with E-state index in [2.05, 4.69) is 5.32 Å². The quantitative estimate of drug-likeness (QED) is 0.291. The van der Waals surface area contributed by atoms with E-state index in [9.17, 15) is 26.8 Å². The number of carbonyl (C=O) groups excluding carboxylic acids is 2. The number of sulfonamides is 1. The van der Waals surface area contributed by atoms with Crippen molar-refractivity contribution in [2.24, 2.45) is 5.92 Å². The van der Waals surface area contributed by atoms with Gasteiger partial charge in [-0.1, -0.05) is 62.4 Å². The Morgan fingerprint density at radius 1 is 0.902 bits per heavy atom. The monoisotopic (exact) mass is 585 g/mol. The lowest BCUT2D eigenvalue weighted by atomic mass is 10.0. The van der Waals surface area contributed by atoms with E-state index in [-0.39, 0.29) is 55.4 Å². The highest BCUT2D eigenvalue weighted by Gasteiger charge is 2.31. The third kappa shape index (κ3) is 9.67. The first kappa shape index (κ1) is 31.7. The smallest absolute Gasteiger partial charge is 0.243 e. The van der Waals surface area contributed by atoms with Crippen LogP contribution in [0.15, 0.2) is 78.9 Å². The lowest BCUT2D eigenvalue weighted by molar-refractivity contribution is -0.141. The van der Waals surface area contributed by atoms with Gasteiger partial charge in [-0.25, -0.2) is 17.2 Å². The number of nitrogens with one attached hydrogen (secondary N) is 1. The van der Waals surface area contributed by atoms with Crippen molar-refractivity contribution < 1.29 is 26.8 Å². The number of halogens is 2. The first-order chi connectivity index (χ1) is 19.5. The van der Waals surface area contributed by atoms with Gasteiger partial charge < -0.3 is 10.2 Å². The average molecular weight is 586 g/mol. The van der Waals surface area contributed by atoms with Gasteiger partial charge in [0, 0.05) is 38.0 Å². The summed E-state index contributed by atoms with van der Waals surface area (Å²) < 4.78 is 54.2. The topological polar surface area (TPSA) is 86.8 Å². The fourth-order valence-electron chi connectivity index (χ4n) is 4.40. The van der Waals surface area contributed by atoms with Crippen molar-refractivity contribution >= 4 is 27.5 Å². The molecule has 0 radical (unpaired) electrons. The lowest BCUT2D eigenvalue weighted by Crippen LogP contribution is -2.51. The second kappa shape index (κ2) is 14.7. The molecule has 0 heterocycles. The molecule has 2 amide bonds. The van der Waals surface area contributed by atoms with Crippen LogP contribution < -0.4 is 9.62 Å². The summed E-state index contributed by atoms with van der Waals surface area (Å²) in [6.45, 7) is 4.16. The van der Waals surface area contributed by atoms with Crippen LogP contribution in [0, 0.1) is 17.6 Å². The molecule has 0 aliphatic carbocycles. The summed E-state index contributed by atoms with van der Waals surface area (Å²) in [6.07, 6.45) is 1.29. The Bertz CT molecular complexity index is 1400. The Morgan fingerprint density at radius 2 is 1.54 bits per heavy atom. The Labute approximate surface area is 241 Å². The molecule has 3 aromatic carbocycles. The highest BCUT2D eigenvalue weighted by molar-refractivity contribution is 7.92. The van der Waals surface area contributed by atoms with E-state index in [4.69, 9.17) is 0 Å². The number of amides is 2. The molecule has 3 aromatic rings. The van der Waals surface area contributed by atoms with Crippen LogP contribution in [0.4, 0.5) is 14.5 Å². The van der Waals surface area contributed by atoms with Crippen molar-refractivity contribution in [2.75, 3.05) is 23.7 Å². The lowest BCUT2D eigenvalue weighted by Gasteiger charge is -2.32. The van der Waals surface area contributed by atoms with Crippen LogP contribution in [0.5, 0.6) is 0 Å². The minimum Gasteiger partial charge on any atom is -0.354 e. The summed E-state index contributed by atoms with van der Waals surface area (Å²) in [4.78, 5) is 28.6. The maximum Gasteiger partial charge on any atom is 0.243 e. The van der Waals surface area contributed by atoms with Crippen molar-refractivity contribution in [2.45, 2.75) is 45.7 Å². The maximum absolute atomic E-state index is 14.7. The summed E-state index contributed by atoms with van der Waals surface area (Å²) in [5.74, 6) is -1.58. The van der Waals surface area contributed by atoms with Crippen molar-refractivity contribution in [1.82, 2.24) is 10.2 Å². The zero-order valence-corrected chi connectivity index (χ0v) is 24.4. The highest BCUT2D eigenvalue weighted by atomic mass is 32.2. The van der Waals surface area contributed by atoms with Crippen molar-refractivity contribution in [3.05, 3.63) is 102 Å². The first-order valence-corrected chi connectivity index (χ1v) is 15.4. The van der Waals surface area contributed by atoms with Crippen LogP contribution in [-0.4, -0.2) is 50.5 Å². The molecule has 1 N–H and O–H groups in total. The van der Waals surface area contributed by atoms with E-state index in [1.807, 2.05) is 44.2 Å². The number of hydrogen-bond donors (Lipinski definition) is 1. The number of anilines is 1. The molecule has 41 heavy (non-hydrogen) atoms. The molecule has 10 heteroatoms. The normalized spacial score (nSPS) is 12.1. The second-order valence-electron chi connectivity index (χ2n) is 10.4. The third-order valence-electron chi connectivity index (χ3n) is 6.52. The molecule has 1 atom stereocenters. The van der Waals surface area contributed by atoms with Crippen LogP contribution in [0.3, 0.4) is 0 Å². The standard InChI is InChI=1S/C31H37F2N3O4S/c1-23(2)21-34-31(38)29(20-24-10-5-4-6-11-24)35(22-25-12-7-8-13-28(25)33)30(37)14-9-19-36(41(3,39)40)27-17-15-26(32)16-18-27/h4-8,10-13,15-18,23,29H,9,14,19-22H2,1-3H3,(H,34,38)/t29-/m1/s1. The largest absolute Gasteiger partial charge is 0.354 e. The van der Waals surface area contributed by atoms with E-state index in [0.29, 0.717) is 6.54 Å². The molecule has 3 rings (SSSR count). The van der Waals surface area contributed by atoms with Gasteiger partial charge in [-0.05, 0) is 48.2 Å². The summed E-state index contributed by atoms with van der Waals surface area (Å²) in [5.41, 5.74) is 1.38. The molecule has 0 unspecified atom stereocenters. The van der Waals surface area contributed by atoms with Crippen LogP contribution >= 0.6 is 0 Å². The van der Waals surface area contributed by atoms with Gasteiger partial charge >= 0.3 is 0 Å². The summed E-state index contributed by atoms with van der Waals surface area (Å²) in [6, 6.07) is 19.5. The Balaban J connectivity index is 1.88. The minimum absolute atomic E-state index is 0.0351. The van der Waals surface area contributed by atoms with Gasteiger partial charge in [0.1, 0.15) is 17.7 Å². The third-order valence-corrected chi connectivity index (χ3v) is 7.72. The van der Waals surface area contributed by atoms with Crippen LogP contribution in [0.2, 0.25) is 0 Å². The van der Waals surface area contributed by atoms with Crippen LogP contribution in [-0.2, 0) is 32.6 Å². The molecule has 0 aliphatic rings. The van der Waals surface area contributed by atoms with E-state index in [0.717, 1.165) is 16.1 Å². The zero-order chi connectivity index (χ0) is 30.0. The fourth-order valence-corrected chi connectivity index (χ4v) is 5.36. The van der Waals surface area contributed by atoms with Gasteiger partial charge in [0.25, 0.3) is 0 Å². The van der Waals surface area contributed by atoms with Gasteiger partial charge in [0.05, 0.1) is 11.9 Å². The van der Waals surface area contributed by atoms with E-state index in [1.165, 1.54) is 35.2 Å². The van der Waals surface area contributed by atoms with Crippen LogP contribution in [0.1, 0.15) is 37.8 Å². The van der Waals surface area contributed by atoms with E-state index < -0.39 is 33.6 Å². The Kier molecular flexibility index (Phi) is 11.4. The van der Waals surface area contributed by atoms with Crippen LogP contribution in [0.25, 0.3) is 0 Å². The molecule has 220 valence electrons. The summed E-state index contributed by atoms with van der Waals surface area (Å²) >= 11 is 0. The van der Waals surface area contributed by atoms with Gasteiger partial charge in [-0.3, -0.25) is 13.9 Å². The molecular formula is C31H37F2N3O4S. The Morgan fingerprint density at radius 3 is 2.15 bits per heavy atom. The van der Waals surface area contributed by atoms with Crippen molar-refractivity contribution in [3.63, 3.8) is 0 Å². The first-order valence-electron chi connectivity index (χ1n) is 13.5. The SMILES string of the molecule is CC(C)CNC(=O)[C@@H](Cc1ccccc1)N(Cc1ccccc1F)C(=O)CCCN(c1ccc(F)cc1)S(C)(=O)=O. The second-order valence-corrected chi connectivity index (χ2v) is 12.3. The molecule has 0 spiro atoms. The molecular weight excluding hydrogens is 548 g/mol. The minimum atomic E-state index is -3.72. The van der Waals surface area contributed by atoms with Crippen molar-refractivity contribution in [1.29, 1.82) is 0 Å². The molecule has 0 fully saturated rings. The zero-order valence-electron chi connectivity index (χ0n) is 23.6. The molecule has 0 saturated heterocycles. The Hall–Kier alpha value is -3.79. The number of rotatable bonds is 14. The number of nitrogens with zero attached hydrogens (tertiary/aromatic N) is 2. The molecule has 7 nitrogen and oxygen atoms in total. The number of carbonyl (C=O) groups is 2. The van der Waals surface area contributed by atoms with Crippen molar-refractivity contribution in [3.8, 4) is 0 Å². The van der Waals surface area contributed by atoms with Gasteiger partial charge in [0.2, 0.25) is 21.8 Å². The highest BCUT2D eigenvalue weighted by Crippen LogP contribution is 2.21. The number of hydrogen-bond acceptors (Lipinski definition) is 4. The molecule has 0 saturated carbocycles. The molecule has 0 aliphatic heterocycles. The van der Waals surface area contributed by atoms with Gasteiger partial charge in [-0.2, -0.15) is 0 Å². The maximum atomic E-state index is 14.7. The molecule has 0 aromatic heterocycles. The van der Waals surface area contributed by atoms with E-state index >= 15 is 0 Å². The predicted octanol–water partition coefficient (Wildman–Crippen LogP) is 4.92.